The van der Waals surface area contributed by atoms with E-state index in [0.29, 0.717) is 36.5 Å². The predicted molar refractivity (Wildman–Crippen MR) is 115 cm³/mol. The number of nitrogens with one attached hydrogen (secondary N) is 2. The zero-order valence-corrected chi connectivity index (χ0v) is 16.9. The maximum atomic E-state index is 12.2. The largest absolute Gasteiger partial charge is 0.484 e. The van der Waals surface area contributed by atoms with Crippen molar-refractivity contribution in [3.05, 3.63) is 66.1 Å². The van der Waals surface area contributed by atoms with Crippen LogP contribution in [0.5, 0.6) is 5.75 Å². The maximum Gasteiger partial charge on any atom is 0.251 e. The van der Waals surface area contributed by atoms with Gasteiger partial charge in [0, 0.05) is 30.3 Å². The summed E-state index contributed by atoms with van der Waals surface area (Å²) < 4.78 is 7.79. The SMILES string of the molecule is CCNC(=O)c1cccc(-c2ccc3nnc(CC4CNc5ncccc5O4)n3n2)c1. The van der Waals surface area contributed by atoms with Crippen molar-refractivity contribution in [3.63, 3.8) is 0 Å². The normalized spacial score (nSPS) is 15.1. The minimum atomic E-state index is -0.115. The molecule has 0 spiro atoms. The van der Waals surface area contributed by atoms with Crippen molar-refractivity contribution >= 4 is 17.4 Å². The van der Waals surface area contributed by atoms with E-state index in [9.17, 15) is 4.79 Å². The van der Waals surface area contributed by atoms with Crippen molar-refractivity contribution in [2.45, 2.75) is 19.4 Å². The Morgan fingerprint density at radius 2 is 2.16 bits per heavy atom. The Morgan fingerprint density at radius 3 is 3.06 bits per heavy atom. The molecule has 4 aromatic rings. The van der Waals surface area contributed by atoms with Crippen LogP contribution in [0.2, 0.25) is 0 Å². The number of rotatable bonds is 5. The number of benzene rings is 1. The number of aromatic nitrogens is 5. The fourth-order valence-corrected chi connectivity index (χ4v) is 3.56. The van der Waals surface area contributed by atoms with E-state index in [4.69, 9.17) is 9.84 Å². The van der Waals surface area contributed by atoms with Crippen LogP contribution in [0.1, 0.15) is 23.1 Å². The first-order chi connectivity index (χ1) is 15.2. The van der Waals surface area contributed by atoms with Crippen LogP contribution < -0.4 is 15.4 Å². The third-order valence-electron chi connectivity index (χ3n) is 5.06. The highest BCUT2D eigenvalue weighted by atomic mass is 16.5. The second-order valence-corrected chi connectivity index (χ2v) is 7.22. The topological polar surface area (TPSA) is 106 Å². The molecule has 1 atom stereocenters. The van der Waals surface area contributed by atoms with Crippen LogP contribution in [-0.2, 0) is 6.42 Å². The van der Waals surface area contributed by atoms with Gasteiger partial charge in [-0.15, -0.1) is 10.2 Å². The van der Waals surface area contributed by atoms with Crippen LogP contribution in [0.4, 0.5) is 5.82 Å². The minimum absolute atomic E-state index is 0.105. The fourth-order valence-electron chi connectivity index (χ4n) is 3.56. The Kier molecular flexibility index (Phi) is 4.91. The molecule has 0 bridgehead atoms. The van der Waals surface area contributed by atoms with Crippen molar-refractivity contribution in [1.29, 1.82) is 0 Å². The van der Waals surface area contributed by atoms with Gasteiger partial charge in [0.05, 0.1) is 12.2 Å². The third kappa shape index (κ3) is 3.77. The fraction of sp³-hybridized carbons (Fsp3) is 0.227. The summed E-state index contributed by atoms with van der Waals surface area (Å²) in [5.41, 5.74) is 2.83. The van der Waals surface area contributed by atoms with Gasteiger partial charge in [0.1, 0.15) is 6.10 Å². The highest BCUT2D eigenvalue weighted by Gasteiger charge is 2.23. The molecule has 156 valence electrons. The highest BCUT2D eigenvalue weighted by Crippen LogP contribution is 2.27. The van der Waals surface area contributed by atoms with E-state index in [0.717, 1.165) is 22.8 Å². The molecule has 9 nitrogen and oxygen atoms in total. The van der Waals surface area contributed by atoms with Gasteiger partial charge < -0.3 is 15.4 Å². The molecular formula is C22H21N7O2. The molecule has 0 fully saturated rings. The van der Waals surface area contributed by atoms with Crippen LogP contribution in [-0.4, -0.2) is 49.9 Å². The van der Waals surface area contributed by atoms with E-state index >= 15 is 0 Å². The first kappa shape index (κ1) is 19.0. The van der Waals surface area contributed by atoms with E-state index in [1.165, 1.54) is 0 Å². The number of nitrogens with zero attached hydrogens (tertiary/aromatic N) is 5. The summed E-state index contributed by atoms with van der Waals surface area (Å²) in [5, 5.41) is 19.4. The maximum absolute atomic E-state index is 12.2. The van der Waals surface area contributed by atoms with Gasteiger partial charge in [-0.3, -0.25) is 4.79 Å². The van der Waals surface area contributed by atoms with Gasteiger partial charge in [-0.25, -0.2) is 4.98 Å². The third-order valence-corrected chi connectivity index (χ3v) is 5.06. The Balaban J connectivity index is 1.42. The van der Waals surface area contributed by atoms with Gasteiger partial charge >= 0.3 is 0 Å². The van der Waals surface area contributed by atoms with Crippen molar-refractivity contribution in [1.82, 2.24) is 30.1 Å². The summed E-state index contributed by atoms with van der Waals surface area (Å²) in [6, 6.07) is 14.9. The van der Waals surface area contributed by atoms with Gasteiger partial charge in [-0.1, -0.05) is 12.1 Å². The Bertz CT molecular complexity index is 1250. The minimum Gasteiger partial charge on any atom is -0.484 e. The van der Waals surface area contributed by atoms with Crippen molar-refractivity contribution < 1.29 is 9.53 Å². The number of ether oxygens (including phenoxy) is 1. The molecular weight excluding hydrogens is 394 g/mol. The summed E-state index contributed by atoms with van der Waals surface area (Å²) >= 11 is 0. The molecule has 9 heteroatoms. The monoisotopic (exact) mass is 415 g/mol. The van der Waals surface area contributed by atoms with Crippen LogP contribution >= 0.6 is 0 Å². The average molecular weight is 415 g/mol. The molecule has 4 heterocycles. The summed E-state index contributed by atoms with van der Waals surface area (Å²) in [4.78, 5) is 16.4. The summed E-state index contributed by atoms with van der Waals surface area (Å²) in [6.07, 6.45) is 2.15. The molecule has 0 radical (unpaired) electrons. The van der Waals surface area contributed by atoms with Gasteiger partial charge in [-0.2, -0.15) is 9.61 Å². The predicted octanol–water partition coefficient (Wildman–Crippen LogP) is 2.35. The van der Waals surface area contributed by atoms with E-state index in [2.05, 4.69) is 25.8 Å². The quantitative estimate of drug-likeness (QED) is 0.515. The lowest BCUT2D eigenvalue weighted by atomic mass is 10.1. The number of amides is 1. The zero-order chi connectivity index (χ0) is 21.2. The summed E-state index contributed by atoms with van der Waals surface area (Å²) in [7, 11) is 0. The summed E-state index contributed by atoms with van der Waals surface area (Å²) in [6.45, 7) is 3.09. The second kappa shape index (κ2) is 8.02. The second-order valence-electron chi connectivity index (χ2n) is 7.22. The molecule has 5 rings (SSSR count). The molecule has 1 amide bonds. The number of anilines is 1. The van der Waals surface area contributed by atoms with E-state index < -0.39 is 0 Å². The van der Waals surface area contributed by atoms with Crippen molar-refractivity contribution in [3.8, 4) is 17.0 Å². The average Bonchev–Trinajstić information content (AvgIpc) is 3.21. The highest BCUT2D eigenvalue weighted by molar-refractivity contribution is 5.95. The Hall–Kier alpha value is -4.01. The van der Waals surface area contributed by atoms with Gasteiger partial charge in [0.25, 0.3) is 5.91 Å². The number of hydrogen-bond donors (Lipinski definition) is 2. The molecule has 3 aromatic heterocycles. The lowest BCUT2D eigenvalue weighted by Crippen LogP contribution is -2.33. The summed E-state index contributed by atoms with van der Waals surface area (Å²) in [5.74, 6) is 2.07. The Morgan fingerprint density at radius 1 is 1.23 bits per heavy atom. The smallest absolute Gasteiger partial charge is 0.251 e. The molecule has 1 unspecified atom stereocenters. The van der Waals surface area contributed by atoms with Crippen molar-refractivity contribution in [2.75, 3.05) is 18.4 Å². The van der Waals surface area contributed by atoms with Crippen LogP contribution in [0.25, 0.3) is 16.9 Å². The number of hydrogen-bond acceptors (Lipinski definition) is 7. The van der Waals surface area contributed by atoms with E-state index in [-0.39, 0.29) is 12.0 Å². The first-order valence-corrected chi connectivity index (χ1v) is 10.2. The Labute approximate surface area is 178 Å². The molecule has 1 aromatic carbocycles. The van der Waals surface area contributed by atoms with E-state index in [1.807, 2.05) is 49.4 Å². The first-order valence-electron chi connectivity index (χ1n) is 10.2. The van der Waals surface area contributed by atoms with Crippen molar-refractivity contribution in [2.24, 2.45) is 0 Å². The van der Waals surface area contributed by atoms with Gasteiger partial charge in [-0.05, 0) is 43.3 Å². The molecule has 31 heavy (non-hydrogen) atoms. The molecule has 0 aliphatic carbocycles. The molecule has 1 aliphatic rings. The van der Waals surface area contributed by atoms with Crippen LogP contribution in [0.3, 0.4) is 0 Å². The molecule has 0 saturated heterocycles. The molecule has 1 aliphatic heterocycles. The van der Waals surface area contributed by atoms with E-state index in [1.54, 1.807) is 16.8 Å². The number of carbonyl (C=O) groups is 1. The zero-order valence-electron chi connectivity index (χ0n) is 16.9. The lowest BCUT2D eigenvalue weighted by molar-refractivity contribution is 0.0956. The molecule has 2 N–H and O–H groups in total. The van der Waals surface area contributed by atoms with Gasteiger partial charge in [0.2, 0.25) is 0 Å². The lowest BCUT2D eigenvalue weighted by Gasteiger charge is -2.25. The number of fused-ring (bicyclic) bond motifs is 2. The number of carbonyl (C=O) groups excluding carboxylic acids is 1. The molecule has 0 saturated carbocycles. The van der Waals surface area contributed by atoms with Crippen LogP contribution in [0.15, 0.2) is 54.7 Å². The van der Waals surface area contributed by atoms with Gasteiger partial charge in [0.15, 0.2) is 23.0 Å². The van der Waals surface area contributed by atoms with Crippen LogP contribution in [0, 0.1) is 0 Å². The number of pyridine rings is 1. The standard InChI is InChI=1S/C22H21N7O2/c1-2-23-22(30)15-6-3-5-14(11-15)17-8-9-19-26-27-20(29(19)28-17)12-16-13-25-21-18(31-16)7-4-10-24-21/h3-11,16H,2,12-13H2,1H3,(H,23,30)(H,24,25).